The standard InChI is InChI=1S/C16H13ClN2O/c17-14-6-7-15(13-4-2-1-3-12(13)14)20-16-8-5-11(9-18)10-19-16/h1-8,10H,9,18H2. The first-order chi connectivity index (χ1) is 9.78. The maximum atomic E-state index is 6.19. The fourth-order valence-corrected chi connectivity index (χ4v) is 2.26. The second kappa shape index (κ2) is 5.49. The number of ether oxygens (including phenoxy) is 1. The van der Waals surface area contributed by atoms with Gasteiger partial charge in [-0.15, -0.1) is 0 Å². The third-order valence-corrected chi connectivity index (χ3v) is 3.41. The van der Waals surface area contributed by atoms with Crippen molar-refractivity contribution in [2.45, 2.75) is 6.54 Å². The van der Waals surface area contributed by atoms with Crippen molar-refractivity contribution in [2.75, 3.05) is 0 Å². The molecule has 0 radical (unpaired) electrons. The van der Waals surface area contributed by atoms with Crippen molar-refractivity contribution in [3.05, 3.63) is 65.3 Å². The van der Waals surface area contributed by atoms with Gasteiger partial charge in [0.15, 0.2) is 0 Å². The molecular weight excluding hydrogens is 272 g/mol. The number of rotatable bonds is 3. The zero-order chi connectivity index (χ0) is 13.9. The van der Waals surface area contributed by atoms with Gasteiger partial charge < -0.3 is 10.5 Å². The number of benzene rings is 2. The SMILES string of the molecule is NCc1ccc(Oc2ccc(Cl)c3ccccc23)nc1. The van der Waals surface area contributed by atoms with Gasteiger partial charge in [0.05, 0.1) is 0 Å². The van der Waals surface area contributed by atoms with Crippen LogP contribution < -0.4 is 10.5 Å². The average molecular weight is 285 g/mol. The Morgan fingerprint density at radius 3 is 2.50 bits per heavy atom. The van der Waals surface area contributed by atoms with Crippen LogP contribution in [0.4, 0.5) is 0 Å². The van der Waals surface area contributed by atoms with E-state index in [0.29, 0.717) is 17.4 Å². The molecule has 0 saturated carbocycles. The van der Waals surface area contributed by atoms with Crippen molar-refractivity contribution >= 4 is 22.4 Å². The topological polar surface area (TPSA) is 48.1 Å². The van der Waals surface area contributed by atoms with E-state index in [1.807, 2.05) is 48.5 Å². The summed E-state index contributed by atoms with van der Waals surface area (Å²) in [7, 11) is 0. The molecule has 0 aliphatic heterocycles. The van der Waals surface area contributed by atoms with Crippen LogP contribution in [0.5, 0.6) is 11.6 Å². The molecule has 0 aliphatic carbocycles. The molecule has 3 rings (SSSR count). The van der Waals surface area contributed by atoms with Crippen LogP contribution in [0.15, 0.2) is 54.7 Å². The first kappa shape index (κ1) is 12.9. The van der Waals surface area contributed by atoms with Crippen LogP contribution in [0.1, 0.15) is 5.56 Å². The Morgan fingerprint density at radius 1 is 1.00 bits per heavy atom. The lowest BCUT2D eigenvalue weighted by Gasteiger charge is -2.09. The van der Waals surface area contributed by atoms with Crippen LogP contribution in [0.3, 0.4) is 0 Å². The highest BCUT2D eigenvalue weighted by Crippen LogP contribution is 2.33. The van der Waals surface area contributed by atoms with E-state index in [2.05, 4.69) is 4.98 Å². The zero-order valence-electron chi connectivity index (χ0n) is 10.7. The number of hydrogen-bond acceptors (Lipinski definition) is 3. The molecule has 3 nitrogen and oxygen atoms in total. The number of fused-ring (bicyclic) bond motifs is 1. The average Bonchev–Trinajstić information content (AvgIpc) is 2.51. The molecule has 3 aromatic rings. The van der Waals surface area contributed by atoms with E-state index in [9.17, 15) is 0 Å². The van der Waals surface area contributed by atoms with E-state index < -0.39 is 0 Å². The fourth-order valence-electron chi connectivity index (χ4n) is 2.03. The Kier molecular flexibility index (Phi) is 3.54. The van der Waals surface area contributed by atoms with Crippen molar-refractivity contribution in [3.63, 3.8) is 0 Å². The summed E-state index contributed by atoms with van der Waals surface area (Å²) in [6, 6.07) is 15.2. The first-order valence-corrected chi connectivity index (χ1v) is 6.66. The Bertz CT molecular complexity index is 741. The van der Waals surface area contributed by atoms with Gasteiger partial charge in [-0.05, 0) is 17.7 Å². The second-order valence-corrected chi connectivity index (χ2v) is 4.81. The van der Waals surface area contributed by atoms with Gasteiger partial charge in [-0.2, -0.15) is 0 Å². The van der Waals surface area contributed by atoms with Gasteiger partial charge in [0.2, 0.25) is 5.88 Å². The maximum Gasteiger partial charge on any atom is 0.219 e. The lowest BCUT2D eigenvalue weighted by molar-refractivity contribution is 0.468. The summed E-state index contributed by atoms with van der Waals surface area (Å²) in [6.07, 6.45) is 1.72. The maximum absolute atomic E-state index is 6.19. The summed E-state index contributed by atoms with van der Waals surface area (Å²) in [5, 5.41) is 2.63. The number of nitrogens with zero attached hydrogens (tertiary/aromatic N) is 1. The van der Waals surface area contributed by atoms with Gasteiger partial charge in [0.25, 0.3) is 0 Å². The normalized spacial score (nSPS) is 10.7. The lowest BCUT2D eigenvalue weighted by Crippen LogP contribution is -1.97. The van der Waals surface area contributed by atoms with Crippen LogP contribution in [-0.2, 0) is 6.54 Å². The molecule has 0 unspecified atom stereocenters. The molecule has 1 heterocycles. The molecule has 20 heavy (non-hydrogen) atoms. The Hall–Kier alpha value is -2.10. The summed E-state index contributed by atoms with van der Waals surface area (Å²) >= 11 is 6.19. The Morgan fingerprint density at radius 2 is 1.80 bits per heavy atom. The number of pyridine rings is 1. The molecule has 0 aliphatic rings. The Labute approximate surface area is 122 Å². The molecule has 0 fully saturated rings. The predicted octanol–water partition coefficient (Wildman–Crippen LogP) is 4.14. The van der Waals surface area contributed by atoms with E-state index in [1.54, 1.807) is 6.20 Å². The minimum Gasteiger partial charge on any atom is -0.438 e. The summed E-state index contributed by atoms with van der Waals surface area (Å²) in [5.74, 6) is 1.27. The van der Waals surface area contributed by atoms with Gasteiger partial charge in [-0.3, -0.25) is 0 Å². The van der Waals surface area contributed by atoms with Crippen LogP contribution in [-0.4, -0.2) is 4.98 Å². The number of aromatic nitrogens is 1. The van der Waals surface area contributed by atoms with Crippen molar-refractivity contribution in [1.82, 2.24) is 4.98 Å². The highest BCUT2D eigenvalue weighted by atomic mass is 35.5. The highest BCUT2D eigenvalue weighted by molar-refractivity contribution is 6.35. The van der Waals surface area contributed by atoms with Gasteiger partial charge in [-0.25, -0.2) is 4.98 Å². The number of halogens is 1. The zero-order valence-corrected chi connectivity index (χ0v) is 11.5. The van der Waals surface area contributed by atoms with E-state index >= 15 is 0 Å². The third-order valence-electron chi connectivity index (χ3n) is 3.08. The third kappa shape index (κ3) is 2.46. The van der Waals surface area contributed by atoms with Crippen molar-refractivity contribution in [1.29, 1.82) is 0 Å². The molecular formula is C16H13ClN2O. The van der Waals surface area contributed by atoms with E-state index in [4.69, 9.17) is 22.1 Å². The van der Waals surface area contributed by atoms with Crippen molar-refractivity contribution in [2.24, 2.45) is 5.73 Å². The fraction of sp³-hybridized carbons (Fsp3) is 0.0625. The number of nitrogens with two attached hydrogens (primary N) is 1. The molecule has 0 spiro atoms. The number of hydrogen-bond donors (Lipinski definition) is 1. The second-order valence-electron chi connectivity index (χ2n) is 4.40. The molecule has 0 saturated heterocycles. The molecule has 2 aromatic carbocycles. The summed E-state index contributed by atoms with van der Waals surface area (Å²) in [4.78, 5) is 4.24. The molecule has 4 heteroatoms. The summed E-state index contributed by atoms with van der Waals surface area (Å²) in [6.45, 7) is 0.469. The van der Waals surface area contributed by atoms with Gasteiger partial charge in [0, 0.05) is 34.6 Å². The van der Waals surface area contributed by atoms with E-state index in [-0.39, 0.29) is 0 Å². The van der Waals surface area contributed by atoms with Crippen molar-refractivity contribution < 1.29 is 4.74 Å². The molecule has 1 aromatic heterocycles. The molecule has 100 valence electrons. The molecule has 0 atom stereocenters. The van der Waals surface area contributed by atoms with Gasteiger partial charge >= 0.3 is 0 Å². The largest absolute Gasteiger partial charge is 0.438 e. The summed E-state index contributed by atoms with van der Waals surface area (Å²) < 4.78 is 5.84. The molecule has 2 N–H and O–H groups in total. The predicted molar refractivity (Wildman–Crippen MR) is 81.2 cm³/mol. The van der Waals surface area contributed by atoms with Crippen LogP contribution >= 0.6 is 11.6 Å². The monoisotopic (exact) mass is 284 g/mol. The first-order valence-electron chi connectivity index (χ1n) is 6.28. The highest BCUT2D eigenvalue weighted by Gasteiger charge is 2.06. The Balaban J connectivity index is 2.00. The summed E-state index contributed by atoms with van der Waals surface area (Å²) in [5.41, 5.74) is 6.52. The van der Waals surface area contributed by atoms with Crippen LogP contribution in [0.25, 0.3) is 10.8 Å². The van der Waals surface area contributed by atoms with Crippen LogP contribution in [0, 0.1) is 0 Å². The minimum atomic E-state index is 0.469. The molecule has 0 amide bonds. The van der Waals surface area contributed by atoms with Gasteiger partial charge in [-0.1, -0.05) is 41.9 Å². The van der Waals surface area contributed by atoms with Crippen molar-refractivity contribution in [3.8, 4) is 11.6 Å². The quantitative estimate of drug-likeness (QED) is 0.786. The van der Waals surface area contributed by atoms with E-state index in [1.165, 1.54) is 0 Å². The van der Waals surface area contributed by atoms with Crippen LogP contribution in [0.2, 0.25) is 5.02 Å². The molecule has 0 bridgehead atoms. The lowest BCUT2D eigenvalue weighted by atomic mass is 10.1. The minimum absolute atomic E-state index is 0.469. The van der Waals surface area contributed by atoms with E-state index in [0.717, 1.165) is 22.1 Å². The van der Waals surface area contributed by atoms with Gasteiger partial charge in [0.1, 0.15) is 5.75 Å². The smallest absolute Gasteiger partial charge is 0.219 e.